The second kappa shape index (κ2) is 11.9. The molecule has 1 N–H and O–H groups in total. The highest BCUT2D eigenvalue weighted by molar-refractivity contribution is 6.06. The molecule has 0 fully saturated rings. The van der Waals surface area contributed by atoms with Crippen LogP contribution in [0.4, 0.5) is 5.69 Å². The molecule has 6 heteroatoms. The molecule has 1 amide bonds. The first-order valence-corrected chi connectivity index (χ1v) is 12.6. The maximum atomic E-state index is 13.2. The Morgan fingerprint density at radius 2 is 1.71 bits per heavy atom. The molecular weight excluding hydrogens is 474 g/mol. The number of amides is 1. The van der Waals surface area contributed by atoms with E-state index in [2.05, 4.69) is 79.5 Å². The van der Waals surface area contributed by atoms with E-state index in [0.717, 1.165) is 46.5 Å². The predicted molar refractivity (Wildman–Crippen MR) is 153 cm³/mol. The Bertz CT molecular complexity index is 1430. The molecule has 0 atom stereocenters. The van der Waals surface area contributed by atoms with E-state index in [1.807, 2.05) is 12.1 Å². The average Bonchev–Trinajstić information content (AvgIpc) is 2.91. The number of hydrogen-bond acceptors (Lipinski definition) is 5. The Morgan fingerprint density at radius 3 is 2.39 bits per heavy atom. The monoisotopic (exact) mass is 509 g/mol. The average molecular weight is 510 g/mol. The molecule has 38 heavy (non-hydrogen) atoms. The largest absolute Gasteiger partial charge is 0.493 e. The van der Waals surface area contributed by atoms with Crippen molar-refractivity contribution in [1.29, 1.82) is 0 Å². The van der Waals surface area contributed by atoms with Crippen molar-refractivity contribution in [3.8, 4) is 22.6 Å². The van der Waals surface area contributed by atoms with Crippen LogP contribution in [-0.2, 0) is 13.0 Å². The van der Waals surface area contributed by atoms with Gasteiger partial charge in [0.1, 0.15) is 0 Å². The van der Waals surface area contributed by atoms with Crippen LogP contribution in [0.1, 0.15) is 38.2 Å². The van der Waals surface area contributed by atoms with Gasteiger partial charge in [-0.1, -0.05) is 24.3 Å². The molecule has 0 saturated carbocycles. The first-order chi connectivity index (χ1) is 18.3. The molecule has 0 spiro atoms. The lowest BCUT2D eigenvalue weighted by atomic mass is 9.87. The molecule has 0 radical (unpaired) electrons. The van der Waals surface area contributed by atoms with Crippen molar-refractivity contribution in [2.45, 2.75) is 26.8 Å². The summed E-state index contributed by atoms with van der Waals surface area (Å²) in [5, 5.41) is 3.17. The number of ether oxygens (including phenoxy) is 2. The van der Waals surface area contributed by atoms with Gasteiger partial charge in [-0.3, -0.25) is 9.78 Å². The maximum Gasteiger partial charge on any atom is 0.257 e. The topological polar surface area (TPSA) is 63.7 Å². The fourth-order valence-corrected chi connectivity index (χ4v) is 4.84. The second-order valence-electron chi connectivity index (χ2n) is 9.72. The summed E-state index contributed by atoms with van der Waals surface area (Å²) >= 11 is 0. The van der Waals surface area contributed by atoms with Crippen LogP contribution < -0.4 is 14.8 Å². The third-order valence-electron chi connectivity index (χ3n) is 6.65. The summed E-state index contributed by atoms with van der Waals surface area (Å²) in [6, 6.07) is 20.2. The normalized spacial score (nSPS) is 10.9. The third kappa shape index (κ3) is 6.03. The van der Waals surface area contributed by atoms with Crippen LogP contribution in [0.2, 0.25) is 0 Å². The van der Waals surface area contributed by atoms with E-state index in [4.69, 9.17) is 9.47 Å². The fourth-order valence-electron chi connectivity index (χ4n) is 4.84. The van der Waals surface area contributed by atoms with E-state index in [1.165, 1.54) is 11.1 Å². The highest BCUT2D eigenvalue weighted by Gasteiger charge is 2.19. The molecule has 4 rings (SSSR count). The molecule has 1 aromatic heterocycles. The SMILES string of the molecule is COc1ccc(Cc2c(C)cc(NC(=O)c3cccnc3)c(-c3cccc(CN(C)C)c3)c2C)cc1OC. The number of rotatable bonds is 9. The molecule has 0 unspecified atom stereocenters. The van der Waals surface area contributed by atoms with E-state index in [1.54, 1.807) is 38.7 Å². The van der Waals surface area contributed by atoms with E-state index < -0.39 is 0 Å². The van der Waals surface area contributed by atoms with Gasteiger partial charge in [-0.25, -0.2) is 0 Å². The van der Waals surface area contributed by atoms with E-state index >= 15 is 0 Å². The minimum atomic E-state index is -0.185. The van der Waals surface area contributed by atoms with E-state index in [0.29, 0.717) is 17.1 Å². The first kappa shape index (κ1) is 26.9. The number of aromatic nitrogens is 1. The van der Waals surface area contributed by atoms with Crippen LogP contribution in [-0.4, -0.2) is 44.1 Å². The molecule has 6 nitrogen and oxygen atoms in total. The van der Waals surface area contributed by atoms with Crippen LogP contribution in [0.25, 0.3) is 11.1 Å². The first-order valence-electron chi connectivity index (χ1n) is 12.6. The van der Waals surface area contributed by atoms with Crippen LogP contribution in [0, 0.1) is 13.8 Å². The Labute approximate surface area is 225 Å². The van der Waals surface area contributed by atoms with Crippen molar-refractivity contribution >= 4 is 11.6 Å². The van der Waals surface area contributed by atoms with Crippen molar-refractivity contribution in [1.82, 2.24) is 9.88 Å². The number of benzene rings is 3. The quantitative estimate of drug-likeness (QED) is 0.287. The van der Waals surface area contributed by atoms with Crippen molar-refractivity contribution in [3.63, 3.8) is 0 Å². The molecule has 3 aromatic carbocycles. The van der Waals surface area contributed by atoms with Crippen molar-refractivity contribution in [2.24, 2.45) is 0 Å². The minimum Gasteiger partial charge on any atom is -0.493 e. The minimum absolute atomic E-state index is 0.185. The molecule has 1 heterocycles. The number of carbonyl (C=O) groups is 1. The zero-order valence-electron chi connectivity index (χ0n) is 23.0. The second-order valence-corrected chi connectivity index (χ2v) is 9.72. The van der Waals surface area contributed by atoms with Gasteiger partial charge in [-0.05, 0) is 104 Å². The zero-order chi connectivity index (χ0) is 27.2. The van der Waals surface area contributed by atoms with Gasteiger partial charge in [-0.15, -0.1) is 0 Å². The lowest BCUT2D eigenvalue weighted by Crippen LogP contribution is -2.14. The van der Waals surface area contributed by atoms with Crippen LogP contribution >= 0.6 is 0 Å². The molecular formula is C32H35N3O3. The Morgan fingerprint density at radius 1 is 0.921 bits per heavy atom. The number of nitrogens with one attached hydrogen (secondary N) is 1. The Kier molecular flexibility index (Phi) is 8.44. The summed E-state index contributed by atoms with van der Waals surface area (Å²) in [5.74, 6) is 1.23. The molecule has 4 aromatic rings. The van der Waals surface area contributed by atoms with Gasteiger partial charge in [-0.2, -0.15) is 0 Å². The number of pyridine rings is 1. The summed E-state index contributed by atoms with van der Waals surface area (Å²) in [7, 11) is 7.41. The van der Waals surface area contributed by atoms with Crippen LogP contribution in [0.15, 0.2) is 73.1 Å². The number of hydrogen-bond donors (Lipinski definition) is 1. The summed E-state index contributed by atoms with van der Waals surface area (Å²) in [6.45, 7) is 5.06. The van der Waals surface area contributed by atoms with Crippen LogP contribution in [0.5, 0.6) is 11.5 Å². The summed E-state index contributed by atoms with van der Waals surface area (Å²) in [6.07, 6.45) is 3.97. The molecule has 196 valence electrons. The number of aryl methyl sites for hydroxylation is 1. The highest BCUT2D eigenvalue weighted by atomic mass is 16.5. The van der Waals surface area contributed by atoms with Gasteiger partial charge in [0.25, 0.3) is 5.91 Å². The summed E-state index contributed by atoms with van der Waals surface area (Å²) < 4.78 is 11.0. The van der Waals surface area contributed by atoms with Gasteiger partial charge < -0.3 is 19.7 Å². The molecule has 0 aliphatic rings. The Hall–Kier alpha value is -4.16. The zero-order valence-corrected chi connectivity index (χ0v) is 23.0. The van der Waals surface area contributed by atoms with E-state index in [9.17, 15) is 4.79 Å². The number of anilines is 1. The van der Waals surface area contributed by atoms with Crippen molar-refractivity contribution < 1.29 is 14.3 Å². The summed E-state index contributed by atoms with van der Waals surface area (Å²) in [5.41, 5.74) is 9.16. The lowest BCUT2D eigenvalue weighted by molar-refractivity contribution is 0.102. The van der Waals surface area contributed by atoms with Gasteiger partial charge in [0.15, 0.2) is 11.5 Å². The van der Waals surface area contributed by atoms with Crippen molar-refractivity contribution in [3.05, 3.63) is 106 Å². The van der Waals surface area contributed by atoms with Gasteiger partial charge in [0.2, 0.25) is 0 Å². The lowest BCUT2D eigenvalue weighted by Gasteiger charge is -2.21. The van der Waals surface area contributed by atoms with Gasteiger partial charge in [0.05, 0.1) is 19.8 Å². The number of methoxy groups -OCH3 is 2. The summed E-state index contributed by atoms with van der Waals surface area (Å²) in [4.78, 5) is 19.4. The molecule has 0 saturated heterocycles. The molecule has 0 bridgehead atoms. The van der Waals surface area contributed by atoms with E-state index in [-0.39, 0.29) is 5.91 Å². The Balaban J connectivity index is 1.82. The molecule has 0 aliphatic carbocycles. The van der Waals surface area contributed by atoms with Gasteiger partial charge in [0, 0.05) is 30.2 Å². The number of carbonyl (C=O) groups excluding carboxylic acids is 1. The molecule has 0 aliphatic heterocycles. The third-order valence-corrected chi connectivity index (χ3v) is 6.65. The highest BCUT2D eigenvalue weighted by Crippen LogP contribution is 2.38. The van der Waals surface area contributed by atoms with Crippen LogP contribution in [0.3, 0.4) is 0 Å². The smallest absolute Gasteiger partial charge is 0.257 e. The maximum absolute atomic E-state index is 13.2. The van der Waals surface area contributed by atoms with Gasteiger partial charge >= 0.3 is 0 Å². The predicted octanol–water partition coefficient (Wildman–Crippen LogP) is 6.29. The number of nitrogens with zero attached hydrogens (tertiary/aromatic N) is 2. The van der Waals surface area contributed by atoms with Crippen molar-refractivity contribution in [2.75, 3.05) is 33.6 Å². The fraction of sp³-hybridized carbons (Fsp3) is 0.250. The standard InChI is InChI=1S/C32H35N3O3/c1-21-15-28(34-32(36)26-11-8-14-33-19-26)31(25-10-7-9-24(16-25)20-35(3)4)22(2)27(21)17-23-12-13-29(37-5)30(18-23)38-6/h7-16,18-19H,17,20H2,1-6H3,(H,34,36).